The van der Waals surface area contributed by atoms with Gasteiger partial charge in [-0.15, -0.1) is 0 Å². The molecule has 0 saturated heterocycles. The highest BCUT2D eigenvalue weighted by Crippen LogP contribution is 2.17. The Hall–Kier alpha value is -2.28. The molecule has 7 heteroatoms. The van der Waals surface area contributed by atoms with Gasteiger partial charge in [-0.1, -0.05) is 5.16 Å². The van der Waals surface area contributed by atoms with E-state index in [1.54, 1.807) is 11.9 Å². The lowest BCUT2D eigenvalue weighted by atomic mass is 10.2. The number of nitrogens with zero attached hydrogens (tertiary/aromatic N) is 3. The van der Waals surface area contributed by atoms with E-state index in [9.17, 15) is 9.18 Å². The standard InChI is InChI=1S/C12H12FN3O3/c1-16(7-11(17)18)6-10-14-12(19-15-10)8-2-4-9(13)5-3-8/h2-5H,6-7H2,1H3,(H,17,18). The molecule has 0 unspecified atom stereocenters. The van der Waals surface area contributed by atoms with Gasteiger partial charge in [0.25, 0.3) is 5.89 Å². The second kappa shape index (κ2) is 5.57. The number of carbonyl (C=O) groups is 1. The number of hydrogen-bond acceptors (Lipinski definition) is 5. The Morgan fingerprint density at radius 1 is 1.42 bits per heavy atom. The second-order valence-corrected chi connectivity index (χ2v) is 4.09. The minimum absolute atomic E-state index is 0.111. The Kier molecular flexibility index (Phi) is 3.86. The largest absolute Gasteiger partial charge is 0.480 e. The molecular weight excluding hydrogens is 253 g/mol. The molecule has 0 bridgehead atoms. The molecule has 0 fully saturated rings. The third-order valence-electron chi connectivity index (χ3n) is 2.38. The van der Waals surface area contributed by atoms with E-state index in [4.69, 9.17) is 9.63 Å². The monoisotopic (exact) mass is 265 g/mol. The highest BCUT2D eigenvalue weighted by Gasteiger charge is 2.12. The number of carboxylic acid groups (broad SMARTS) is 1. The molecule has 0 aliphatic heterocycles. The molecule has 0 amide bonds. The Labute approximate surface area is 108 Å². The molecule has 1 N–H and O–H groups in total. The summed E-state index contributed by atoms with van der Waals surface area (Å²) in [5.41, 5.74) is 0.612. The molecule has 19 heavy (non-hydrogen) atoms. The molecule has 1 aromatic carbocycles. The number of carboxylic acids is 1. The first-order valence-corrected chi connectivity index (χ1v) is 5.53. The predicted molar refractivity (Wildman–Crippen MR) is 63.7 cm³/mol. The summed E-state index contributed by atoms with van der Waals surface area (Å²) in [7, 11) is 1.64. The van der Waals surface area contributed by atoms with Crippen LogP contribution in [0.15, 0.2) is 28.8 Å². The van der Waals surface area contributed by atoms with Crippen molar-refractivity contribution in [3.63, 3.8) is 0 Å². The lowest BCUT2D eigenvalue weighted by Gasteiger charge is -2.09. The first-order chi connectivity index (χ1) is 9.04. The third-order valence-corrected chi connectivity index (χ3v) is 2.38. The molecule has 0 atom stereocenters. The van der Waals surface area contributed by atoms with Crippen molar-refractivity contribution in [2.45, 2.75) is 6.54 Å². The van der Waals surface area contributed by atoms with E-state index in [1.165, 1.54) is 24.3 Å². The van der Waals surface area contributed by atoms with Gasteiger partial charge in [0.2, 0.25) is 0 Å². The van der Waals surface area contributed by atoms with Crippen LogP contribution < -0.4 is 0 Å². The summed E-state index contributed by atoms with van der Waals surface area (Å²) in [6.45, 7) is 0.150. The first kappa shape index (κ1) is 13.2. The average Bonchev–Trinajstić information content (AvgIpc) is 2.77. The molecule has 6 nitrogen and oxygen atoms in total. The van der Waals surface area contributed by atoms with Crippen LogP contribution in [0.4, 0.5) is 4.39 Å². The SMILES string of the molecule is CN(CC(=O)O)Cc1noc(-c2ccc(F)cc2)n1. The predicted octanol–water partition coefficient (Wildman–Crippen LogP) is 1.39. The van der Waals surface area contributed by atoms with E-state index in [0.717, 1.165) is 0 Å². The van der Waals surface area contributed by atoms with Crippen LogP contribution in [0, 0.1) is 5.82 Å². The van der Waals surface area contributed by atoms with Crippen LogP contribution in [0.25, 0.3) is 11.5 Å². The summed E-state index contributed by atoms with van der Waals surface area (Å²) in [5.74, 6) is -0.615. The molecule has 0 radical (unpaired) electrons. The maximum Gasteiger partial charge on any atom is 0.317 e. The number of likely N-dealkylation sites (N-methyl/N-ethyl adjacent to an activating group) is 1. The van der Waals surface area contributed by atoms with Crippen LogP contribution >= 0.6 is 0 Å². The Bertz CT molecular complexity index is 568. The topological polar surface area (TPSA) is 79.5 Å². The molecule has 0 aliphatic rings. The molecule has 2 aromatic rings. The zero-order valence-corrected chi connectivity index (χ0v) is 10.2. The van der Waals surface area contributed by atoms with Crippen LogP contribution in [-0.2, 0) is 11.3 Å². The number of rotatable bonds is 5. The highest BCUT2D eigenvalue weighted by atomic mass is 19.1. The van der Waals surface area contributed by atoms with Gasteiger partial charge in [-0.05, 0) is 31.3 Å². The number of halogens is 1. The van der Waals surface area contributed by atoms with Crippen molar-refractivity contribution in [2.24, 2.45) is 0 Å². The summed E-state index contributed by atoms with van der Waals surface area (Å²) >= 11 is 0. The molecule has 0 spiro atoms. The maximum atomic E-state index is 12.8. The maximum absolute atomic E-state index is 12.8. The van der Waals surface area contributed by atoms with Crippen LogP contribution in [0.2, 0.25) is 0 Å². The Balaban J connectivity index is 2.06. The number of aromatic nitrogens is 2. The average molecular weight is 265 g/mol. The molecular formula is C12H12FN3O3. The third kappa shape index (κ3) is 3.59. The summed E-state index contributed by atoms with van der Waals surface area (Å²) in [6, 6.07) is 5.67. The van der Waals surface area contributed by atoms with E-state index in [-0.39, 0.29) is 24.8 Å². The van der Waals surface area contributed by atoms with Crippen LogP contribution in [-0.4, -0.2) is 39.7 Å². The first-order valence-electron chi connectivity index (χ1n) is 5.53. The highest BCUT2D eigenvalue weighted by molar-refractivity contribution is 5.69. The van der Waals surface area contributed by atoms with Gasteiger partial charge in [-0.25, -0.2) is 4.39 Å². The molecule has 0 saturated carbocycles. The van der Waals surface area contributed by atoms with Crippen LogP contribution in [0.3, 0.4) is 0 Å². The van der Waals surface area contributed by atoms with Gasteiger partial charge in [-0.2, -0.15) is 4.98 Å². The number of hydrogen-bond donors (Lipinski definition) is 1. The van der Waals surface area contributed by atoms with Gasteiger partial charge in [0.15, 0.2) is 5.82 Å². The quantitative estimate of drug-likeness (QED) is 0.880. The van der Waals surface area contributed by atoms with E-state index in [2.05, 4.69) is 10.1 Å². The number of benzene rings is 1. The fourth-order valence-corrected chi connectivity index (χ4v) is 1.56. The zero-order valence-electron chi connectivity index (χ0n) is 10.2. The van der Waals surface area contributed by atoms with E-state index >= 15 is 0 Å². The normalized spacial score (nSPS) is 10.9. The minimum Gasteiger partial charge on any atom is -0.480 e. The van der Waals surface area contributed by atoms with Crippen LogP contribution in [0.1, 0.15) is 5.82 Å². The molecule has 0 aliphatic carbocycles. The Morgan fingerprint density at radius 3 is 2.74 bits per heavy atom. The van der Waals surface area contributed by atoms with E-state index < -0.39 is 5.97 Å². The lowest BCUT2D eigenvalue weighted by molar-refractivity contribution is -0.138. The smallest absolute Gasteiger partial charge is 0.317 e. The van der Waals surface area contributed by atoms with Gasteiger partial charge < -0.3 is 9.63 Å². The molecule has 100 valence electrons. The molecule has 1 heterocycles. The van der Waals surface area contributed by atoms with Crippen LogP contribution in [0.5, 0.6) is 0 Å². The second-order valence-electron chi connectivity index (χ2n) is 4.09. The summed E-state index contributed by atoms with van der Waals surface area (Å²) < 4.78 is 17.8. The van der Waals surface area contributed by atoms with Crippen molar-refractivity contribution in [3.05, 3.63) is 35.9 Å². The Morgan fingerprint density at radius 2 is 2.11 bits per heavy atom. The number of aliphatic carboxylic acids is 1. The van der Waals surface area contributed by atoms with E-state index in [1.807, 2.05) is 0 Å². The van der Waals surface area contributed by atoms with Gasteiger partial charge in [0.1, 0.15) is 5.82 Å². The summed E-state index contributed by atoms with van der Waals surface area (Å²) in [6.07, 6.45) is 0. The van der Waals surface area contributed by atoms with Crippen molar-refractivity contribution in [2.75, 3.05) is 13.6 Å². The van der Waals surface area contributed by atoms with Crippen molar-refractivity contribution in [1.29, 1.82) is 0 Å². The fraction of sp³-hybridized carbons (Fsp3) is 0.250. The fourth-order valence-electron chi connectivity index (χ4n) is 1.56. The van der Waals surface area contributed by atoms with Gasteiger partial charge in [0.05, 0.1) is 13.1 Å². The zero-order chi connectivity index (χ0) is 13.8. The summed E-state index contributed by atoms with van der Waals surface area (Å²) in [4.78, 5) is 16.2. The van der Waals surface area contributed by atoms with Gasteiger partial charge in [0, 0.05) is 5.56 Å². The minimum atomic E-state index is -0.926. The molecule has 2 rings (SSSR count). The van der Waals surface area contributed by atoms with Crippen molar-refractivity contribution in [3.8, 4) is 11.5 Å². The van der Waals surface area contributed by atoms with E-state index in [0.29, 0.717) is 11.4 Å². The van der Waals surface area contributed by atoms with Gasteiger partial charge >= 0.3 is 5.97 Å². The lowest BCUT2D eigenvalue weighted by Crippen LogP contribution is -2.25. The van der Waals surface area contributed by atoms with Gasteiger partial charge in [-0.3, -0.25) is 9.69 Å². The summed E-state index contributed by atoms with van der Waals surface area (Å²) in [5, 5.41) is 12.4. The van der Waals surface area contributed by atoms with Crippen molar-refractivity contribution < 1.29 is 18.8 Å². The molecule has 1 aromatic heterocycles. The van der Waals surface area contributed by atoms with Crippen molar-refractivity contribution in [1.82, 2.24) is 15.0 Å². The van der Waals surface area contributed by atoms with Crippen molar-refractivity contribution >= 4 is 5.97 Å².